The Morgan fingerprint density at radius 1 is 1.45 bits per heavy atom. The van der Waals surface area contributed by atoms with Crippen LogP contribution in [-0.4, -0.2) is 18.1 Å². The summed E-state index contributed by atoms with van der Waals surface area (Å²) in [6, 6.07) is 5.76. The third-order valence-electron chi connectivity index (χ3n) is 2.92. The van der Waals surface area contributed by atoms with Crippen LogP contribution in [0.15, 0.2) is 30.1 Å². The van der Waals surface area contributed by atoms with Crippen molar-refractivity contribution in [1.29, 1.82) is 0 Å². The number of rotatable bonds is 7. The summed E-state index contributed by atoms with van der Waals surface area (Å²) in [4.78, 5) is 4.50. The van der Waals surface area contributed by atoms with Gasteiger partial charge in [0.25, 0.3) is 0 Å². The predicted octanol–water partition coefficient (Wildman–Crippen LogP) is 4.76. The van der Waals surface area contributed by atoms with Crippen molar-refractivity contribution in [1.82, 2.24) is 4.98 Å². The molecular formula is C15H19FN2OS. The van der Waals surface area contributed by atoms with Crippen molar-refractivity contribution in [3.05, 3.63) is 30.1 Å². The standard InChI is InChI=1S/C15H19FN2OS/c1-3-7-17-15-18-13-6-5-12(8-14(13)20-15)19-10-11(4-2)9-16/h5-6,8-9H,3-4,7,10H2,1-2H3,(H,17,18)/b11-9+. The number of fused-ring (bicyclic) bond motifs is 1. The Labute approximate surface area is 122 Å². The first kappa shape index (κ1) is 14.8. The molecule has 3 nitrogen and oxygen atoms in total. The lowest BCUT2D eigenvalue weighted by atomic mass is 10.2. The number of ether oxygens (including phenoxy) is 1. The lowest BCUT2D eigenvalue weighted by Gasteiger charge is -2.06. The third-order valence-corrected chi connectivity index (χ3v) is 3.89. The van der Waals surface area contributed by atoms with Gasteiger partial charge in [-0.2, -0.15) is 0 Å². The fourth-order valence-corrected chi connectivity index (χ4v) is 2.61. The molecule has 2 rings (SSSR count). The maximum Gasteiger partial charge on any atom is 0.183 e. The summed E-state index contributed by atoms with van der Waals surface area (Å²) in [5.74, 6) is 0.746. The van der Waals surface area contributed by atoms with E-state index in [1.165, 1.54) is 0 Å². The van der Waals surface area contributed by atoms with E-state index >= 15 is 0 Å². The van der Waals surface area contributed by atoms with Crippen molar-refractivity contribution in [2.45, 2.75) is 26.7 Å². The van der Waals surface area contributed by atoms with Crippen molar-refractivity contribution < 1.29 is 9.13 Å². The summed E-state index contributed by atoms with van der Waals surface area (Å²) in [6.07, 6.45) is 2.35. The van der Waals surface area contributed by atoms with Crippen LogP contribution in [0, 0.1) is 0 Å². The molecule has 0 bridgehead atoms. The van der Waals surface area contributed by atoms with Gasteiger partial charge in [0, 0.05) is 6.54 Å². The molecule has 0 radical (unpaired) electrons. The molecule has 1 aromatic heterocycles. The molecule has 0 spiro atoms. The summed E-state index contributed by atoms with van der Waals surface area (Å²) in [6.45, 7) is 5.24. The van der Waals surface area contributed by atoms with Crippen molar-refractivity contribution >= 4 is 26.7 Å². The minimum absolute atomic E-state index is 0.290. The first-order valence-corrected chi connectivity index (χ1v) is 7.63. The average Bonchev–Trinajstić information content (AvgIpc) is 2.88. The smallest absolute Gasteiger partial charge is 0.183 e. The lowest BCUT2D eigenvalue weighted by molar-refractivity contribution is 0.346. The number of nitrogens with zero attached hydrogens (tertiary/aromatic N) is 1. The van der Waals surface area contributed by atoms with Crippen LogP contribution >= 0.6 is 11.3 Å². The molecule has 5 heteroatoms. The molecule has 0 fully saturated rings. The van der Waals surface area contributed by atoms with E-state index < -0.39 is 0 Å². The normalized spacial score (nSPS) is 11.8. The summed E-state index contributed by atoms with van der Waals surface area (Å²) in [5.41, 5.74) is 1.61. The monoisotopic (exact) mass is 294 g/mol. The lowest BCUT2D eigenvalue weighted by Crippen LogP contribution is -1.99. The van der Waals surface area contributed by atoms with Gasteiger partial charge in [-0.05, 0) is 36.6 Å². The quantitative estimate of drug-likeness (QED) is 0.799. The van der Waals surface area contributed by atoms with Crippen molar-refractivity contribution in [3.63, 3.8) is 0 Å². The second-order valence-corrected chi connectivity index (χ2v) is 5.52. The van der Waals surface area contributed by atoms with Crippen LogP contribution in [0.4, 0.5) is 9.52 Å². The van der Waals surface area contributed by atoms with Crippen molar-refractivity contribution in [3.8, 4) is 5.75 Å². The van der Waals surface area contributed by atoms with Gasteiger partial charge in [-0.25, -0.2) is 9.37 Å². The highest BCUT2D eigenvalue weighted by Gasteiger charge is 2.05. The molecule has 0 aliphatic carbocycles. The molecule has 20 heavy (non-hydrogen) atoms. The molecule has 0 aliphatic rings. The Morgan fingerprint density at radius 2 is 2.30 bits per heavy atom. The highest BCUT2D eigenvalue weighted by molar-refractivity contribution is 7.22. The van der Waals surface area contributed by atoms with E-state index in [-0.39, 0.29) is 6.61 Å². The van der Waals surface area contributed by atoms with Gasteiger partial charge < -0.3 is 10.1 Å². The summed E-state index contributed by atoms with van der Waals surface area (Å²) >= 11 is 1.61. The first-order valence-electron chi connectivity index (χ1n) is 6.82. The fraction of sp³-hybridized carbons (Fsp3) is 0.400. The zero-order valence-electron chi connectivity index (χ0n) is 11.8. The number of aromatic nitrogens is 1. The van der Waals surface area contributed by atoms with Gasteiger partial charge in [0.1, 0.15) is 12.4 Å². The van der Waals surface area contributed by atoms with Crippen LogP contribution in [0.3, 0.4) is 0 Å². The Balaban J connectivity index is 2.08. The molecule has 0 saturated heterocycles. The van der Waals surface area contributed by atoms with Crippen LogP contribution in [0.25, 0.3) is 10.2 Å². The van der Waals surface area contributed by atoms with Crippen LogP contribution in [0.1, 0.15) is 26.7 Å². The van der Waals surface area contributed by atoms with E-state index in [4.69, 9.17) is 4.74 Å². The molecule has 1 heterocycles. The van der Waals surface area contributed by atoms with Crippen molar-refractivity contribution in [2.24, 2.45) is 0 Å². The first-order chi connectivity index (χ1) is 9.76. The van der Waals surface area contributed by atoms with Gasteiger partial charge in [-0.15, -0.1) is 0 Å². The van der Waals surface area contributed by atoms with Crippen molar-refractivity contribution in [2.75, 3.05) is 18.5 Å². The second-order valence-electron chi connectivity index (χ2n) is 4.48. The number of thiazole rings is 1. The fourth-order valence-electron chi connectivity index (χ4n) is 1.69. The Hall–Kier alpha value is -1.62. The summed E-state index contributed by atoms with van der Waals surface area (Å²) in [5, 5.41) is 4.21. The van der Waals surface area contributed by atoms with Gasteiger partial charge in [-0.3, -0.25) is 0 Å². The van der Waals surface area contributed by atoms with Crippen LogP contribution in [0.5, 0.6) is 5.75 Å². The average molecular weight is 294 g/mol. The number of nitrogens with one attached hydrogen (secondary N) is 1. The summed E-state index contributed by atoms with van der Waals surface area (Å²) < 4.78 is 19.1. The van der Waals surface area contributed by atoms with Crippen LogP contribution < -0.4 is 10.1 Å². The molecule has 1 N–H and O–H groups in total. The van der Waals surface area contributed by atoms with Gasteiger partial charge >= 0.3 is 0 Å². The van der Waals surface area contributed by atoms with Gasteiger partial charge in [0.15, 0.2) is 5.13 Å². The predicted molar refractivity (Wildman–Crippen MR) is 83.4 cm³/mol. The maximum absolute atomic E-state index is 12.5. The molecule has 108 valence electrons. The maximum atomic E-state index is 12.5. The molecule has 0 unspecified atom stereocenters. The highest BCUT2D eigenvalue weighted by Crippen LogP contribution is 2.29. The molecule has 1 aromatic carbocycles. The molecule has 0 amide bonds. The van der Waals surface area contributed by atoms with Gasteiger partial charge in [0.2, 0.25) is 0 Å². The number of hydrogen-bond acceptors (Lipinski definition) is 4. The molecule has 2 aromatic rings. The number of anilines is 1. The van der Waals surface area contributed by atoms with Crippen LogP contribution in [-0.2, 0) is 0 Å². The molecule has 0 aliphatic heterocycles. The van der Waals surface area contributed by atoms with E-state index in [1.54, 1.807) is 11.3 Å². The topological polar surface area (TPSA) is 34.2 Å². The van der Waals surface area contributed by atoms with E-state index in [0.717, 1.165) is 34.1 Å². The Morgan fingerprint density at radius 3 is 3.00 bits per heavy atom. The number of hydrogen-bond donors (Lipinski definition) is 1. The van der Waals surface area contributed by atoms with E-state index in [1.807, 2.05) is 25.1 Å². The largest absolute Gasteiger partial charge is 0.489 e. The SMILES string of the molecule is CCCNc1nc2ccc(OC/C(=C/F)CC)cc2s1. The van der Waals surface area contributed by atoms with Crippen LogP contribution in [0.2, 0.25) is 0 Å². The van der Waals surface area contributed by atoms with Gasteiger partial charge in [0.05, 0.1) is 16.5 Å². The van der Waals surface area contributed by atoms with E-state index in [2.05, 4.69) is 17.2 Å². The highest BCUT2D eigenvalue weighted by atomic mass is 32.1. The van der Waals surface area contributed by atoms with Gasteiger partial charge in [-0.1, -0.05) is 25.2 Å². The zero-order chi connectivity index (χ0) is 14.4. The Bertz CT molecular complexity index is 595. The minimum Gasteiger partial charge on any atom is -0.489 e. The second kappa shape index (κ2) is 7.24. The molecule has 0 saturated carbocycles. The number of halogens is 1. The zero-order valence-corrected chi connectivity index (χ0v) is 12.6. The Kier molecular flexibility index (Phi) is 5.35. The van der Waals surface area contributed by atoms with E-state index in [9.17, 15) is 4.39 Å². The minimum atomic E-state index is 0.290. The number of benzene rings is 1. The molecule has 0 atom stereocenters. The van der Waals surface area contributed by atoms with E-state index in [0.29, 0.717) is 18.3 Å². The summed E-state index contributed by atoms with van der Waals surface area (Å²) in [7, 11) is 0. The molecular weight excluding hydrogens is 275 g/mol. The third kappa shape index (κ3) is 3.70.